The summed E-state index contributed by atoms with van der Waals surface area (Å²) in [6, 6.07) is 21.7. The van der Waals surface area contributed by atoms with Crippen molar-refractivity contribution in [2.45, 2.75) is 42.5 Å². The van der Waals surface area contributed by atoms with Gasteiger partial charge in [-0.15, -0.1) is 0 Å². The van der Waals surface area contributed by atoms with Crippen LogP contribution in [-0.4, -0.2) is 38.0 Å². The van der Waals surface area contributed by atoms with Gasteiger partial charge in [0.1, 0.15) is 0 Å². The van der Waals surface area contributed by atoms with Crippen LogP contribution in [0.2, 0.25) is 0 Å². The molecule has 0 radical (unpaired) electrons. The molecule has 3 aromatic carbocycles. The third-order valence-corrected chi connectivity index (χ3v) is 8.00. The Morgan fingerprint density at radius 2 is 1.77 bits per heavy atom. The van der Waals surface area contributed by atoms with E-state index in [0.717, 1.165) is 34.0 Å². The normalized spacial score (nSPS) is 15.5. The van der Waals surface area contributed by atoms with E-state index in [1.165, 1.54) is 31.5 Å². The van der Waals surface area contributed by atoms with Gasteiger partial charge in [-0.25, -0.2) is 0 Å². The van der Waals surface area contributed by atoms with Crippen LogP contribution in [0.5, 0.6) is 0 Å². The molecule has 1 saturated heterocycles. The third-order valence-electron chi connectivity index (χ3n) is 6.86. The first-order valence-electron chi connectivity index (χ1n) is 12.5. The van der Waals surface area contributed by atoms with Crippen LogP contribution in [0, 0.1) is 6.92 Å². The minimum absolute atomic E-state index is 0.0430. The van der Waals surface area contributed by atoms with Gasteiger partial charge in [0.2, 0.25) is 0 Å². The maximum atomic E-state index is 13.7. The minimum atomic E-state index is -0.0845. The first kappa shape index (κ1) is 23.6. The van der Waals surface area contributed by atoms with Crippen molar-refractivity contribution in [3.05, 3.63) is 89.0 Å². The summed E-state index contributed by atoms with van der Waals surface area (Å²) >= 11 is 1.58. The summed E-state index contributed by atoms with van der Waals surface area (Å²) in [7, 11) is 0. The molecule has 5 nitrogen and oxygen atoms in total. The summed E-state index contributed by atoms with van der Waals surface area (Å²) in [6.07, 6.45) is 3.61. The molecular weight excluding hydrogens is 454 g/mol. The smallest absolute Gasteiger partial charge is 0.259 e. The van der Waals surface area contributed by atoms with Gasteiger partial charge in [-0.3, -0.25) is 9.59 Å². The zero-order valence-electron chi connectivity index (χ0n) is 20.2. The van der Waals surface area contributed by atoms with E-state index in [2.05, 4.69) is 36.5 Å². The summed E-state index contributed by atoms with van der Waals surface area (Å²) in [4.78, 5) is 32.1. The number of benzene rings is 3. The molecule has 0 saturated carbocycles. The third kappa shape index (κ3) is 5.44. The van der Waals surface area contributed by atoms with Gasteiger partial charge >= 0.3 is 0 Å². The highest BCUT2D eigenvalue weighted by Gasteiger charge is 2.28. The average Bonchev–Trinajstić information content (AvgIpc) is 3.36. The van der Waals surface area contributed by atoms with E-state index in [0.29, 0.717) is 24.2 Å². The van der Waals surface area contributed by atoms with Gasteiger partial charge in [-0.05, 0) is 42.8 Å². The Morgan fingerprint density at radius 3 is 2.57 bits per heavy atom. The summed E-state index contributed by atoms with van der Waals surface area (Å²) in [5.74, 6) is -0.128. The molecule has 2 aliphatic heterocycles. The molecular formula is C29H32N3O2S+. The predicted molar refractivity (Wildman–Crippen MR) is 140 cm³/mol. The lowest BCUT2D eigenvalue weighted by Gasteiger charge is -2.24. The fourth-order valence-electron chi connectivity index (χ4n) is 4.86. The number of amides is 2. The van der Waals surface area contributed by atoms with Crippen molar-refractivity contribution in [1.82, 2.24) is 5.32 Å². The Balaban J connectivity index is 1.39. The van der Waals surface area contributed by atoms with E-state index in [-0.39, 0.29) is 11.8 Å². The summed E-state index contributed by atoms with van der Waals surface area (Å²) in [6.45, 7) is 6.79. The number of likely N-dealkylation sites (tertiary alicyclic amines) is 1. The summed E-state index contributed by atoms with van der Waals surface area (Å²) in [5, 5.41) is 3.08. The lowest BCUT2D eigenvalue weighted by Crippen LogP contribution is -3.10. The van der Waals surface area contributed by atoms with E-state index in [9.17, 15) is 9.59 Å². The lowest BCUT2D eigenvalue weighted by atomic mass is 10.1. The van der Waals surface area contributed by atoms with Crippen LogP contribution >= 0.6 is 11.8 Å². The van der Waals surface area contributed by atoms with Crippen LogP contribution in [0.25, 0.3) is 0 Å². The van der Waals surface area contributed by atoms with Crippen molar-refractivity contribution in [2.24, 2.45) is 0 Å². The van der Waals surface area contributed by atoms with Gasteiger partial charge in [-0.1, -0.05) is 53.7 Å². The van der Waals surface area contributed by atoms with Gasteiger partial charge < -0.3 is 15.1 Å². The Kier molecular flexibility index (Phi) is 7.21. The first-order chi connectivity index (χ1) is 17.1. The molecule has 2 aliphatic rings. The van der Waals surface area contributed by atoms with Crippen molar-refractivity contribution in [1.29, 1.82) is 0 Å². The Morgan fingerprint density at radius 1 is 1.00 bits per heavy atom. The number of rotatable bonds is 7. The van der Waals surface area contributed by atoms with Crippen molar-refractivity contribution in [3.8, 4) is 0 Å². The Labute approximate surface area is 211 Å². The van der Waals surface area contributed by atoms with E-state index in [1.807, 2.05) is 47.4 Å². The second kappa shape index (κ2) is 10.7. The second-order valence-corrected chi connectivity index (χ2v) is 10.6. The SMILES string of the molecule is Cc1ccc(CN2C(=O)c3ccccc3Sc3ccc(C(=O)NCCC[NH+]4CCCC4)cc32)cc1. The number of carbonyl (C=O) groups excluding carboxylic acids is 2. The molecule has 0 spiro atoms. The number of hydrogen-bond donors (Lipinski definition) is 2. The summed E-state index contributed by atoms with van der Waals surface area (Å²) in [5.41, 5.74) is 4.30. The zero-order valence-corrected chi connectivity index (χ0v) is 21.0. The van der Waals surface area contributed by atoms with E-state index >= 15 is 0 Å². The van der Waals surface area contributed by atoms with Gasteiger partial charge in [0, 0.05) is 41.2 Å². The molecule has 2 heterocycles. The highest BCUT2D eigenvalue weighted by atomic mass is 32.2. The highest BCUT2D eigenvalue weighted by Crippen LogP contribution is 2.42. The van der Waals surface area contributed by atoms with Crippen molar-refractivity contribution in [2.75, 3.05) is 31.1 Å². The monoisotopic (exact) mass is 486 g/mol. The fourth-order valence-corrected chi connectivity index (χ4v) is 5.92. The molecule has 6 heteroatoms. The average molecular weight is 487 g/mol. The standard InChI is InChI=1S/C29H31N3O2S/c1-21-9-11-22(12-10-21)20-32-25-19-23(28(33)30-15-6-18-31-16-4-5-17-31)13-14-27(25)35-26-8-3-2-7-24(26)29(32)34/h2-3,7-14,19H,4-6,15-18,20H2,1H3,(H,30,33)/p+1. The number of carbonyl (C=O) groups is 2. The number of hydrogen-bond acceptors (Lipinski definition) is 3. The number of quaternary nitrogens is 1. The molecule has 0 bridgehead atoms. The topological polar surface area (TPSA) is 53.9 Å². The maximum Gasteiger partial charge on any atom is 0.259 e. The molecule has 0 aliphatic carbocycles. The Bertz CT molecular complexity index is 1220. The van der Waals surface area contributed by atoms with Crippen molar-refractivity contribution in [3.63, 3.8) is 0 Å². The molecule has 2 amide bonds. The van der Waals surface area contributed by atoms with Crippen LogP contribution in [0.3, 0.4) is 0 Å². The highest BCUT2D eigenvalue weighted by molar-refractivity contribution is 7.99. The molecule has 0 atom stereocenters. The van der Waals surface area contributed by atoms with Gasteiger partial charge in [0.25, 0.3) is 11.8 Å². The zero-order chi connectivity index (χ0) is 24.2. The number of nitrogens with zero attached hydrogens (tertiary/aromatic N) is 1. The molecule has 0 aromatic heterocycles. The number of aryl methyl sites for hydroxylation is 1. The quantitative estimate of drug-likeness (QED) is 0.495. The fraction of sp³-hybridized carbons (Fsp3) is 0.310. The van der Waals surface area contributed by atoms with Gasteiger partial charge in [-0.2, -0.15) is 0 Å². The van der Waals surface area contributed by atoms with Crippen LogP contribution in [0.4, 0.5) is 5.69 Å². The number of fused-ring (bicyclic) bond motifs is 2. The van der Waals surface area contributed by atoms with Crippen LogP contribution in [-0.2, 0) is 6.54 Å². The maximum absolute atomic E-state index is 13.7. The first-order valence-corrected chi connectivity index (χ1v) is 13.3. The predicted octanol–water partition coefficient (Wildman–Crippen LogP) is 4.11. The second-order valence-electron chi connectivity index (χ2n) is 9.47. The molecule has 3 aromatic rings. The molecule has 2 N–H and O–H groups in total. The van der Waals surface area contributed by atoms with Crippen molar-refractivity contribution >= 4 is 29.3 Å². The van der Waals surface area contributed by atoms with Gasteiger partial charge in [0.05, 0.1) is 37.4 Å². The Hall–Kier alpha value is -3.09. The molecule has 0 unspecified atom stereocenters. The molecule has 5 rings (SSSR count). The molecule has 1 fully saturated rings. The van der Waals surface area contributed by atoms with Crippen LogP contribution in [0.15, 0.2) is 76.5 Å². The van der Waals surface area contributed by atoms with E-state index in [4.69, 9.17) is 0 Å². The lowest BCUT2D eigenvalue weighted by molar-refractivity contribution is -0.887. The van der Waals surface area contributed by atoms with Crippen LogP contribution in [0.1, 0.15) is 51.1 Å². The largest absolute Gasteiger partial charge is 0.352 e. The summed E-state index contributed by atoms with van der Waals surface area (Å²) < 4.78 is 0. The van der Waals surface area contributed by atoms with Gasteiger partial charge in [0.15, 0.2) is 0 Å². The molecule has 180 valence electrons. The van der Waals surface area contributed by atoms with E-state index in [1.54, 1.807) is 16.7 Å². The minimum Gasteiger partial charge on any atom is -0.352 e. The number of anilines is 1. The van der Waals surface area contributed by atoms with Crippen LogP contribution < -0.4 is 15.1 Å². The van der Waals surface area contributed by atoms with E-state index < -0.39 is 0 Å². The van der Waals surface area contributed by atoms with Crippen molar-refractivity contribution < 1.29 is 14.5 Å². The molecule has 35 heavy (non-hydrogen) atoms. The number of nitrogens with one attached hydrogen (secondary N) is 2.